The molecular formula is C25H41N3O5S. The minimum Gasteiger partial charge on any atom is -0.490 e. The van der Waals surface area contributed by atoms with Gasteiger partial charge in [-0.1, -0.05) is 19.9 Å². The number of carbonyl (C=O) groups excluding carboxylic acids is 1. The van der Waals surface area contributed by atoms with Gasteiger partial charge in [-0.3, -0.25) is 4.79 Å². The molecule has 0 spiro atoms. The zero-order chi connectivity index (χ0) is 24.7. The van der Waals surface area contributed by atoms with Crippen LogP contribution in [0, 0.1) is 17.8 Å². The zero-order valence-electron chi connectivity index (χ0n) is 21.1. The van der Waals surface area contributed by atoms with E-state index in [1.807, 2.05) is 32.0 Å². The van der Waals surface area contributed by atoms with E-state index >= 15 is 0 Å². The van der Waals surface area contributed by atoms with Crippen molar-refractivity contribution in [3.05, 3.63) is 23.8 Å². The van der Waals surface area contributed by atoms with Crippen molar-refractivity contribution in [3.8, 4) is 11.5 Å². The monoisotopic (exact) mass is 495 g/mol. The fraction of sp³-hybridized carbons (Fsp3) is 0.720. The lowest BCUT2D eigenvalue weighted by Gasteiger charge is -2.39. The average molecular weight is 496 g/mol. The van der Waals surface area contributed by atoms with Crippen LogP contribution in [0.2, 0.25) is 0 Å². The normalized spacial score (nSPS) is 24.5. The summed E-state index contributed by atoms with van der Waals surface area (Å²) in [5, 5.41) is 3.01. The molecule has 1 N–H and O–H groups in total. The van der Waals surface area contributed by atoms with Crippen LogP contribution in [-0.4, -0.2) is 68.9 Å². The highest BCUT2D eigenvalue weighted by atomic mass is 32.2. The minimum atomic E-state index is -3.54. The lowest BCUT2D eigenvalue weighted by molar-refractivity contribution is -0.126. The van der Waals surface area contributed by atoms with Crippen LogP contribution in [0.25, 0.3) is 0 Å². The molecule has 2 heterocycles. The van der Waals surface area contributed by atoms with Crippen molar-refractivity contribution in [2.45, 2.75) is 53.4 Å². The molecule has 9 heteroatoms. The summed E-state index contributed by atoms with van der Waals surface area (Å²) < 4.78 is 40.9. The molecule has 34 heavy (non-hydrogen) atoms. The van der Waals surface area contributed by atoms with E-state index in [0.717, 1.165) is 17.7 Å². The molecule has 0 bridgehead atoms. The molecule has 3 atom stereocenters. The SMILES string of the molecule is CCOc1ccc(CCNC(=O)[C@@H]2CCCN(S(=O)(=O)N3C[C@H](C)C[C@H](C)C3)C2)cc1OCC. The van der Waals surface area contributed by atoms with Crippen LogP contribution in [0.5, 0.6) is 11.5 Å². The lowest BCUT2D eigenvalue weighted by atomic mass is 9.94. The van der Waals surface area contributed by atoms with E-state index in [-0.39, 0.29) is 18.4 Å². The Labute approximate surface area is 205 Å². The number of piperidine rings is 2. The maximum atomic E-state index is 13.3. The Kier molecular flexibility index (Phi) is 9.62. The van der Waals surface area contributed by atoms with E-state index in [4.69, 9.17) is 9.47 Å². The number of hydrogen-bond acceptors (Lipinski definition) is 5. The molecule has 2 aliphatic heterocycles. The Hall–Kier alpha value is -1.84. The molecule has 0 radical (unpaired) electrons. The van der Waals surface area contributed by atoms with Crippen molar-refractivity contribution in [1.29, 1.82) is 0 Å². The van der Waals surface area contributed by atoms with E-state index < -0.39 is 10.2 Å². The first-order chi connectivity index (χ1) is 16.2. The summed E-state index contributed by atoms with van der Waals surface area (Å²) in [6.45, 7) is 11.5. The average Bonchev–Trinajstić information content (AvgIpc) is 2.80. The highest BCUT2D eigenvalue weighted by Gasteiger charge is 2.38. The molecule has 1 aromatic rings. The Morgan fingerprint density at radius 3 is 2.38 bits per heavy atom. The van der Waals surface area contributed by atoms with Crippen molar-refractivity contribution in [2.75, 3.05) is 45.9 Å². The number of amides is 1. The molecule has 0 aliphatic carbocycles. The van der Waals surface area contributed by atoms with E-state index in [1.165, 1.54) is 4.31 Å². The van der Waals surface area contributed by atoms with Gasteiger partial charge in [0.05, 0.1) is 19.1 Å². The Balaban J connectivity index is 1.54. The molecule has 3 rings (SSSR count). The molecule has 2 saturated heterocycles. The molecule has 8 nitrogen and oxygen atoms in total. The number of rotatable bonds is 10. The number of carbonyl (C=O) groups is 1. The predicted molar refractivity (Wildman–Crippen MR) is 133 cm³/mol. The fourth-order valence-electron chi connectivity index (χ4n) is 5.05. The number of ether oxygens (including phenoxy) is 2. The summed E-state index contributed by atoms with van der Waals surface area (Å²) in [5.41, 5.74) is 1.05. The van der Waals surface area contributed by atoms with Gasteiger partial charge in [0.1, 0.15) is 0 Å². The van der Waals surface area contributed by atoms with Crippen LogP contribution in [0.1, 0.15) is 52.5 Å². The predicted octanol–water partition coefficient (Wildman–Crippen LogP) is 3.08. The van der Waals surface area contributed by atoms with Crippen molar-refractivity contribution < 1.29 is 22.7 Å². The summed E-state index contributed by atoms with van der Waals surface area (Å²) in [6.07, 6.45) is 3.13. The second-order valence-corrected chi connectivity index (χ2v) is 11.6. The first kappa shape index (κ1) is 26.8. The summed E-state index contributed by atoms with van der Waals surface area (Å²) in [5.74, 6) is 1.75. The third-order valence-electron chi connectivity index (χ3n) is 6.56. The van der Waals surface area contributed by atoms with Crippen LogP contribution in [0.4, 0.5) is 0 Å². The Morgan fingerprint density at radius 1 is 1.03 bits per heavy atom. The van der Waals surface area contributed by atoms with Gasteiger partial charge in [0.25, 0.3) is 10.2 Å². The number of hydrogen-bond donors (Lipinski definition) is 1. The number of benzene rings is 1. The topological polar surface area (TPSA) is 88.2 Å². The molecule has 192 valence electrons. The van der Waals surface area contributed by atoms with E-state index in [0.29, 0.717) is 76.2 Å². The van der Waals surface area contributed by atoms with Gasteiger partial charge in [-0.25, -0.2) is 0 Å². The summed E-state index contributed by atoms with van der Waals surface area (Å²) in [4.78, 5) is 12.9. The van der Waals surface area contributed by atoms with Crippen LogP contribution < -0.4 is 14.8 Å². The van der Waals surface area contributed by atoms with Crippen molar-refractivity contribution >= 4 is 16.1 Å². The van der Waals surface area contributed by atoms with Gasteiger partial charge in [0.15, 0.2) is 11.5 Å². The van der Waals surface area contributed by atoms with Gasteiger partial charge in [-0.05, 0) is 69.1 Å². The van der Waals surface area contributed by atoms with Crippen molar-refractivity contribution in [2.24, 2.45) is 17.8 Å². The van der Waals surface area contributed by atoms with E-state index in [2.05, 4.69) is 19.2 Å². The first-order valence-electron chi connectivity index (χ1n) is 12.7. The van der Waals surface area contributed by atoms with Gasteiger partial charge in [0.2, 0.25) is 5.91 Å². The fourth-order valence-corrected chi connectivity index (χ4v) is 6.99. The third-order valence-corrected chi connectivity index (χ3v) is 8.50. The highest BCUT2D eigenvalue weighted by Crippen LogP contribution is 2.29. The van der Waals surface area contributed by atoms with E-state index in [1.54, 1.807) is 4.31 Å². The van der Waals surface area contributed by atoms with Gasteiger partial charge >= 0.3 is 0 Å². The maximum absolute atomic E-state index is 13.3. The number of nitrogens with zero attached hydrogens (tertiary/aromatic N) is 2. The van der Waals surface area contributed by atoms with Gasteiger partial charge < -0.3 is 14.8 Å². The lowest BCUT2D eigenvalue weighted by Crippen LogP contribution is -2.53. The quantitative estimate of drug-likeness (QED) is 0.539. The second kappa shape index (κ2) is 12.2. The van der Waals surface area contributed by atoms with Crippen LogP contribution in [0.15, 0.2) is 18.2 Å². The Bertz CT molecular complexity index is 913. The van der Waals surface area contributed by atoms with Gasteiger partial charge in [-0.15, -0.1) is 0 Å². The van der Waals surface area contributed by atoms with Crippen LogP contribution >= 0.6 is 0 Å². The first-order valence-corrected chi connectivity index (χ1v) is 14.1. The highest BCUT2D eigenvalue weighted by molar-refractivity contribution is 7.86. The maximum Gasteiger partial charge on any atom is 0.282 e. The molecule has 1 aromatic carbocycles. The standard InChI is InChI=1S/C25H41N3O5S/c1-5-32-23-10-9-21(15-24(23)33-6-2)11-12-26-25(29)22-8-7-13-27(18-22)34(30,31)28-16-19(3)14-20(4)17-28/h9-10,15,19-20,22H,5-8,11-14,16-18H2,1-4H3,(H,26,29)/t19-,20+,22-/m1/s1. The van der Waals surface area contributed by atoms with E-state index in [9.17, 15) is 13.2 Å². The second-order valence-electron chi connectivity index (χ2n) is 9.66. The van der Waals surface area contributed by atoms with Crippen LogP contribution in [-0.2, 0) is 21.4 Å². The Morgan fingerprint density at radius 2 is 1.71 bits per heavy atom. The molecule has 0 aromatic heterocycles. The smallest absolute Gasteiger partial charge is 0.282 e. The molecule has 2 fully saturated rings. The summed E-state index contributed by atoms with van der Waals surface area (Å²) in [7, 11) is -3.54. The van der Waals surface area contributed by atoms with Crippen molar-refractivity contribution in [1.82, 2.24) is 13.9 Å². The molecule has 0 saturated carbocycles. The molecule has 1 amide bonds. The minimum absolute atomic E-state index is 0.0729. The third kappa shape index (κ3) is 6.86. The molecular weight excluding hydrogens is 454 g/mol. The summed E-state index contributed by atoms with van der Waals surface area (Å²) in [6, 6.07) is 5.84. The molecule has 2 aliphatic rings. The van der Waals surface area contributed by atoms with Crippen LogP contribution in [0.3, 0.4) is 0 Å². The van der Waals surface area contributed by atoms with Gasteiger partial charge in [-0.2, -0.15) is 17.0 Å². The largest absolute Gasteiger partial charge is 0.490 e. The number of nitrogens with one attached hydrogen (secondary N) is 1. The van der Waals surface area contributed by atoms with Crippen molar-refractivity contribution in [3.63, 3.8) is 0 Å². The summed E-state index contributed by atoms with van der Waals surface area (Å²) >= 11 is 0. The van der Waals surface area contributed by atoms with Gasteiger partial charge in [0, 0.05) is 32.7 Å². The molecule has 0 unspecified atom stereocenters. The zero-order valence-corrected chi connectivity index (χ0v) is 21.9.